The minimum Gasteiger partial charge on any atom is -0.466 e. The lowest BCUT2D eigenvalue weighted by Crippen LogP contribution is -2.48. The lowest BCUT2D eigenvalue weighted by atomic mass is 9.94. The molecule has 0 amide bonds. The Balaban J connectivity index is 2.70. The van der Waals surface area contributed by atoms with E-state index in [1.165, 1.54) is 0 Å². The molecule has 1 unspecified atom stereocenters. The Labute approximate surface area is 103 Å². The molecule has 1 fully saturated rings. The summed E-state index contributed by atoms with van der Waals surface area (Å²) in [4.78, 5) is 11.5. The van der Waals surface area contributed by atoms with Crippen LogP contribution in [0.2, 0.25) is 0 Å². The van der Waals surface area contributed by atoms with Crippen LogP contribution < -0.4 is 5.32 Å². The molecule has 1 rings (SSSR count). The molecule has 0 saturated carbocycles. The molecule has 5 nitrogen and oxygen atoms in total. The fraction of sp³-hybridized carbons (Fsp3) is 0.909. The zero-order valence-electron chi connectivity index (χ0n) is 10.5. The standard InChI is InChI=1S/C11H21NO4S/c1-3-6-12-11(8-10(13)16-4-2)5-7-17(14,15)9-11/h12H,3-9H2,1-2H3. The van der Waals surface area contributed by atoms with Crippen LogP contribution in [0.1, 0.15) is 33.1 Å². The van der Waals surface area contributed by atoms with Gasteiger partial charge in [0.15, 0.2) is 9.84 Å². The number of carbonyl (C=O) groups excluding carboxylic acids is 1. The molecule has 0 bridgehead atoms. The topological polar surface area (TPSA) is 72.5 Å². The van der Waals surface area contributed by atoms with Gasteiger partial charge < -0.3 is 10.1 Å². The maximum atomic E-state index is 11.6. The molecule has 0 aromatic carbocycles. The predicted molar refractivity (Wildman–Crippen MR) is 65.5 cm³/mol. The zero-order chi connectivity index (χ0) is 12.9. The first kappa shape index (κ1) is 14.4. The van der Waals surface area contributed by atoms with Crippen LogP contribution in [0.25, 0.3) is 0 Å². The van der Waals surface area contributed by atoms with Crippen LogP contribution in [0.5, 0.6) is 0 Å². The predicted octanol–water partition coefficient (Wildman–Crippen LogP) is 0.496. The van der Waals surface area contributed by atoms with E-state index >= 15 is 0 Å². The van der Waals surface area contributed by atoms with Gasteiger partial charge in [0, 0.05) is 5.54 Å². The summed E-state index contributed by atoms with van der Waals surface area (Å²) in [5, 5.41) is 3.21. The van der Waals surface area contributed by atoms with Gasteiger partial charge in [-0.15, -0.1) is 0 Å². The number of carbonyl (C=O) groups is 1. The monoisotopic (exact) mass is 263 g/mol. The van der Waals surface area contributed by atoms with E-state index < -0.39 is 15.4 Å². The summed E-state index contributed by atoms with van der Waals surface area (Å²) >= 11 is 0. The average Bonchev–Trinajstić information content (AvgIpc) is 2.52. The quantitative estimate of drug-likeness (QED) is 0.706. The summed E-state index contributed by atoms with van der Waals surface area (Å²) in [6, 6.07) is 0. The molecular weight excluding hydrogens is 242 g/mol. The van der Waals surface area contributed by atoms with Gasteiger partial charge >= 0.3 is 5.97 Å². The summed E-state index contributed by atoms with van der Waals surface area (Å²) in [5.41, 5.74) is -0.610. The van der Waals surface area contributed by atoms with Crippen LogP contribution in [0.3, 0.4) is 0 Å². The van der Waals surface area contributed by atoms with Gasteiger partial charge in [0.05, 0.1) is 24.5 Å². The average molecular weight is 263 g/mol. The maximum Gasteiger partial charge on any atom is 0.307 e. The summed E-state index contributed by atoms with van der Waals surface area (Å²) in [6.45, 7) is 4.80. The first-order valence-electron chi connectivity index (χ1n) is 6.04. The summed E-state index contributed by atoms with van der Waals surface area (Å²) in [7, 11) is -3.02. The highest BCUT2D eigenvalue weighted by Gasteiger charge is 2.43. The van der Waals surface area contributed by atoms with Crippen molar-refractivity contribution >= 4 is 15.8 Å². The summed E-state index contributed by atoms with van der Waals surface area (Å²) in [5.74, 6) is -0.129. The fourth-order valence-corrected chi connectivity index (χ4v) is 4.17. The van der Waals surface area contributed by atoms with Gasteiger partial charge in [0.25, 0.3) is 0 Å². The molecule has 1 heterocycles. The Morgan fingerprint density at radius 2 is 2.12 bits per heavy atom. The number of nitrogens with one attached hydrogen (secondary N) is 1. The fourth-order valence-electron chi connectivity index (χ4n) is 2.14. The van der Waals surface area contributed by atoms with Crippen molar-refractivity contribution in [1.29, 1.82) is 0 Å². The first-order valence-corrected chi connectivity index (χ1v) is 7.86. The van der Waals surface area contributed by atoms with Crippen molar-refractivity contribution < 1.29 is 17.9 Å². The highest BCUT2D eigenvalue weighted by Crippen LogP contribution is 2.27. The van der Waals surface area contributed by atoms with Crippen LogP contribution in [0.4, 0.5) is 0 Å². The van der Waals surface area contributed by atoms with Crippen molar-refractivity contribution in [1.82, 2.24) is 5.32 Å². The third-order valence-electron chi connectivity index (χ3n) is 2.93. The van der Waals surface area contributed by atoms with Crippen LogP contribution in [-0.4, -0.2) is 44.6 Å². The minimum atomic E-state index is -3.02. The van der Waals surface area contributed by atoms with Crippen molar-refractivity contribution in [3.8, 4) is 0 Å². The molecule has 1 N–H and O–H groups in total. The van der Waals surface area contributed by atoms with Gasteiger partial charge in [-0.25, -0.2) is 8.42 Å². The second kappa shape index (κ2) is 5.82. The number of sulfone groups is 1. The molecule has 6 heteroatoms. The zero-order valence-corrected chi connectivity index (χ0v) is 11.3. The van der Waals surface area contributed by atoms with E-state index in [-0.39, 0.29) is 23.9 Å². The molecule has 100 valence electrons. The number of rotatable bonds is 6. The summed E-state index contributed by atoms with van der Waals surface area (Å²) < 4.78 is 28.0. The SMILES string of the molecule is CCCNC1(CC(=O)OCC)CCS(=O)(=O)C1. The normalized spacial score (nSPS) is 26.9. The lowest BCUT2D eigenvalue weighted by molar-refractivity contribution is -0.144. The van der Waals surface area contributed by atoms with Crippen molar-refractivity contribution in [3.63, 3.8) is 0 Å². The molecule has 17 heavy (non-hydrogen) atoms. The third kappa shape index (κ3) is 4.27. The number of hydrogen-bond acceptors (Lipinski definition) is 5. The molecule has 1 aliphatic rings. The van der Waals surface area contributed by atoms with E-state index in [9.17, 15) is 13.2 Å². The number of ether oxygens (including phenoxy) is 1. The van der Waals surface area contributed by atoms with E-state index in [0.29, 0.717) is 13.0 Å². The molecule has 1 atom stereocenters. The lowest BCUT2D eigenvalue weighted by Gasteiger charge is -2.28. The smallest absolute Gasteiger partial charge is 0.307 e. The Bertz CT molecular complexity index is 366. The largest absolute Gasteiger partial charge is 0.466 e. The molecule has 1 saturated heterocycles. The highest BCUT2D eigenvalue weighted by atomic mass is 32.2. The van der Waals surface area contributed by atoms with Gasteiger partial charge in [-0.05, 0) is 26.3 Å². The highest BCUT2D eigenvalue weighted by molar-refractivity contribution is 7.91. The van der Waals surface area contributed by atoms with Gasteiger partial charge in [-0.3, -0.25) is 4.79 Å². The van der Waals surface area contributed by atoms with Crippen molar-refractivity contribution in [2.75, 3.05) is 24.7 Å². The molecular formula is C11H21NO4S. The summed E-state index contributed by atoms with van der Waals surface area (Å²) in [6.07, 6.45) is 1.54. The van der Waals surface area contributed by atoms with Crippen molar-refractivity contribution in [3.05, 3.63) is 0 Å². The number of esters is 1. The third-order valence-corrected chi connectivity index (χ3v) is 4.74. The van der Waals surface area contributed by atoms with Crippen LogP contribution in [-0.2, 0) is 19.4 Å². The van der Waals surface area contributed by atoms with E-state index in [2.05, 4.69) is 5.32 Å². The van der Waals surface area contributed by atoms with Crippen LogP contribution in [0.15, 0.2) is 0 Å². The minimum absolute atomic E-state index is 0.0405. The van der Waals surface area contributed by atoms with Gasteiger partial charge in [0.2, 0.25) is 0 Å². The van der Waals surface area contributed by atoms with Gasteiger partial charge in [-0.1, -0.05) is 6.92 Å². The number of hydrogen-bond donors (Lipinski definition) is 1. The van der Waals surface area contributed by atoms with Crippen molar-refractivity contribution in [2.24, 2.45) is 0 Å². The molecule has 0 radical (unpaired) electrons. The van der Waals surface area contributed by atoms with E-state index in [4.69, 9.17) is 4.74 Å². The molecule has 0 aromatic rings. The Morgan fingerprint density at radius 1 is 1.41 bits per heavy atom. The van der Waals surface area contributed by atoms with Crippen LogP contribution >= 0.6 is 0 Å². The molecule has 0 aromatic heterocycles. The Kier molecular flexibility index (Phi) is 4.94. The first-order chi connectivity index (χ1) is 7.93. The molecule has 0 spiro atoms. The molecule has 0 aliphatic carbocycles. The second-order valence-electron chi connectivity index (χ2n) is 4.53. The van der Waals surface area contributed by atoms with E-state index in [0.717, 1.165) is 13.0 Å². The Morgan fingerprint density at radius 3 is 2.59 bits per heavy atom. The van der Waals surface area contributed by atoms with Gasteiger partial charge in [-0.2, -0.15) is 0 Å². The second-order valence-corrected chi connectivity index (χ2v) is 6.71. The van der Waals surface area contributed by atoms with E-state index in [1.807, 2.05) is 6.92 Å². The molecule has 1 aliphatic heterocycles. The Hall–Kier alpha value is -0.620. The van der Waals surface area contributed by atoms with Crippen molar-refractivity contribution in [2.45, 2.75) is 38.6 Å². The van der Waals surface area contributed by atoms with Gasteiger partial charge in [0.1, 0.15) is 0 Å². The van der Waals surface area contributed by atoms with Crippen LogP contribution in [0, 0.1) is 0 Å². The maximum absolute atomic E-state index is 11.6. The van der Waals surface area contributed by atoms with E-state index in [1.54, 1.807) is 6.92 Å².